The number of hydrogen-bond donors (Lipinski definition) is 1. The first-order valence-corrected chi connectivity index (χ1v) is 5.10. The third kappa shape index (κ3) is 2.32. The van der Waals surface area contributed by atoms with E-state index in [0.717, 1.165) is 6.20 Å². The van der Waals surface area contributed by atoms with Crippen molar-refractivity contribution in [2.24, 2.45) is 5.73 Å². The SMILES string of the molecule is NC(=O)c1cnc(-c2ccccc2)nc1C(F)F. The lowest BCUT2D eigenvalue weighted by atomic mass is 10.2. The van der Waals surface area contributed by atoms with Gasteiger partial charge < -0.3 is 5.73 Å². The maximum Gasteiger partial charge on any atom is 0.281 e. The van der Waals surface area contributed by atoms with Crippen LogP contribution in [0.3, 0.4) is 0 Å². The van der Waals surface area contributed by atoms with Crippen LogP contribution in [0.15, 0.2) is 36.5 Å². The monoisotopic (exact) mass is 249 g/mol. The summed E-state index contributed by atoms with van der Waals surface area (Å²) in [4.78, 5) is 18.6. The molecule has 1 amide bonds. The van der Waals surface area contributed by atoms with Crippen molar-refractivity contribution < 1.29 is 13.6 Å². The van der Waals surface area contributed by atoms with E-state index < -0.39 is 18.0 Å². The molecule has 0 aliphatic rings. The highest BCUT2D eigenvalue weighted by atomic mass is 19.3. The molecule has 0 bridgehead atoms. The predicted molar refractivity (Wildman–Crippen MR) is 60.9 cm³/mol. The third-order valence-corrected chi connectivity index (χ3v) is 2.32. The highest BCUT2D eigenvalue weighted by Gasteiger charge is 2.20. The summed E-state index contributed by atoms with van der Waals surface area (Å²) in [5, 5.41) is 0. The number of carbonyl (C=O) groups is 1. The van der Waals surface area contributed by atoms with Crippen molar-refractivity contribution in [3.05, 3.63) is 47.8 Å². The third-order valence-electron chi connectivity index (χ3n) is 2.32. The Labute approximate surface area is 101 Å². The van der Waals surface area contributed by atoms with Crippen LogP contribution in [-0.4, -0.2) is 15.9 Å². The second-order valence-corrected chi connectivity index (χ2v) is 3.52. The van der Waals surface area contributed by atoms with Crippen LogP contribution in [0.25, 0.3) is 11.4 Å². The molecule has 2 aromatic rings. The number of rotatable bonds is 3. The van der Waals surface area contributed by atoms with Gasteiger partial charge in [0.05, 0.1) is 5.56 Å². The summed E-state index contributed by atoms with van der Waals surface area (Å²) in [6.45, 7) is 0. The van der Waals surface area contributed by atoms with Gasteiger partial charge in [0, 0.05) is 11.8 Å². The topological polar surface area (TPSA) is 68.9 Å². The maximum absolute atomic E-state index is 12.8. The Hall–Kier alpha value is -2.37. The first kappa shape index (κ1) is 12.1. The average molecular weight is 249 g/mol. The summed E-state index contributed by atoms with van der Waals surface area (Å²) in [6.07, 6.45) is -1.85. The number of hydrogen-bond acceptors (Lipinski definition) is 3. The molecule has 0 aliphatic heterocycles. The van der Waals surface area contributed by atoms with Crippen molar-refractivity contribution in [2.45, 2.75) is 6.43 Å². The van der Waals surface area contributed by atoms with E-state index in [1.165, 1.54) is 0 Å². The Morgan fingerprint density at radius 2 is 1.89 bits per heavy atom. The molecule has 0 aliphatic carbocycles. The van der Waals surface area contributed by atoms with Gasteiger partial charge in [-0.15, -0.1) is 0 Å². The highest BCUT2D eigenvalue weighted by molar-refractivity contribution is 5.93. The average Bonchev–Trinajstić information content (AvgIpc) is 2.39. The van der Waals surface area contributed by atoms with Crippen LogP contribution in [0, 0.1) is 0 Å². The fourth-order valence-electron chi connectivity index (χ4n) is 1.48. The fourth-order valence-corrected chi connectivity index (χ4v) is 1.48. The van der Waals surface area contributed by atoms with Gasteiger partial charge in [0.15, 0.2) is 5.82 Å². The lowest BCUT2D eigenvalue weighted by Gasteiger charge is -2.06. The molecule has 0 saturated heterocycles. The molecule has 92 valence electrons. The van der Waals surface area contributed by atoms with Gasteiger partial charge in [-0.2, -0.15) is 0 Å². The van der Waals surface area contributed by atoms with Crippen LogP contribution in [0.4, 0.5) is 8.78 Å². The lowest BCUT2D eigenvalue weighted by Crippen LogP contribution is -2.16. The standard InChI is InChI=1S/C12H9F2N3O/c13-10(14)9-8(11(15)18)6-16-12(17-9)7-4-2-1-3-5-7/h1-6,10H,(H2,15,18). The van der Waals surface area contributed by atoms with Gasteiger partial charge in [-0.05, 0) is 0 Å². The Morgan fingerprint density at radius 1 is 1.22 bits per heavy atom. The van der Waals surface area contributed by atoms with Crippen LogP contribution in [0.2, 0.25) is 0 Å². The lowest BCUT2D eigenvalue weighted by molar-refractivity contribution is 0.0982. The molecule has 1 aromatic heterocycles. The smallest absolute Gasteiger partial charge is 0.281 e. The Bertz CT molecular complexity index is 573. The van der Waals surface area contributed by atoms with Gasteiger partial charge in [0.1, 0.15) is 5.69 Å². The van der Waals surface area contributed by atoms with Crippen LogP contribution >= 0.6 is 0 Å². The largest absolute Gasteiger partial charge is 0.365 e. The number of aromatic nitrogens is 2. The van der Waals surface area contributed by atoms with Crippen LogP contribution in [0.5, 0.6) is 0 Å². The summed E-state index contributed by atoms with van der Waals surface area (Å²) >= 11 is 0. The van der Waals surface area contributed by atoms with E-state index in [1.54, 1.807) is 30.3 Å². The van der Waals surface area contributed by atoms with Crippen LogP contribution in [0.1, 0.15) is 22.5 Å². The van der Waals surface area contributed by atoms with Crippen molar-refractivity contribution in [1.82, 2.24) is 9.97 Å². The number of benzene rings is 1. The van der Waals surface area contributed by atoms with E-state index in [0.29, 0.717) is 5.56 Å². The Morgan fingerprint density at radius 3 is 2.44 bits per heavy atom. The number of nitrogens with two attached hydrogens (primary N) is 1. The normalized spacial score (nSPS) is 10.6. The second kappa shape index (κ2) is 4.87. The van der Waals surface area contributed by atoms with E-state index in [2.05, 4.69) is 9.97 Å². The zero-order valence-corrected chi connectivity index (χ0v) is 9.18. The molecule has 1 heterocycles. The molecule has 18 heavy (non-hydrogen) atoms. The van der Waals surface area contributed by atoms with E-state index in [-0.39, 0.29) is 11.4 Å². The molecule has 6 heteroatoms. The highest BCUT2D eigenvalue weighted by Crippen LogP contribution is 2.23. The molecule has 1 aromatic carbocycles. The maximum atomic E-state index is 12.8. The molecular weight excluding hydrogens is 240 g/mol. The van der Waals surface area contributed by atoms with Crippen LogP contribution < -0.4 is 5.73 Å². The molecular formula is C12H9F2N3O. The molecule has 2 rings (SSSR count). The summed E-state index contributed by atoms with van der Waals surface area (Å²) in [7, 11) is 0. The Kier molecular flexibility index (Phi) is 3.27. The summed E-state index contributed by atoms with van der Waals surface area (Å²) < 4.78 is 25.6. The number of carbonyl (C=O) groups excluding carboxylic acids is 1. The number of primary amides is 1. The molecule has 0 saturated carbocycles. The number of halogens is 2. The molecule has 0 unspecified atom stereocenters. The number of amides is 1. The van der Waals surface area contributed by atoms with E-state index in [9.17, 15) is 13.6 Å². The number of nitrogens with zero attached hydrogens (tertiary/aromatic N) is 2. The fraction of sp³-hybridized carbons (Fsp3) is 0.0833. The number of alkyl halides is 2. The first-order chi connectivity index (χ1) is 8.59. The van der Waals surface area contributed by atoms with Crippen molar-refractivity contribution in [3.63, 3.8) is 0 Å². The predicted octanol–water partition coefficient (Wildman–Crippen LogP) is 2.18. The molecule has 0 atom stereocenters. The molecule has 0 spiro atoms. The van der Waals surface area contributed by atoms with E-state index >= 15 is 0 Å². The zero-order chi connectivity index (χ0) is 13.1. The summed E-state index contributed by atoms with van der Waals surface area (Å²) in [5.41, 5.74) is 4.58. The van der Waals surface area contributed by atoms with E-state index in [4.69, 9.17) is 5.73 Å². The zero-order valence-electron chi connectivity index (χ0n) is 9.18. The van der Waals surface area contributed by atoms with Crippen molar-refractivity contribution in [2.75, 3.05) is 0 Å². The minimum absolute atomic E-state index is 0.135. The van der Waals surface area contributed by atoms with Crippen molar-refractivity contribution in [3.8, 4) is 11.4 Å². The Balaban J connectivity index is 2.54. The van der Waals surface area contributed by atoms with Gasteiger partial charge in [-0.1, -0.05) is 30.3 Å². The van der Waals surface area contributed by atoms with E-state index in [1.807, 2.05) is 0 Å². The molecule has 2 N–H and O–H groups in total. The van der Waals surface area contributed by atoms with Gasteiger partial charge in [0.25, 0.3) is 12.3 Å². The van der Waals surface area contributed by atoms with Gasteiger partial charge >= 0.3 is 0 Å². The summed E-state index contributed by atoms with van der Waals surface area (Å²) in [6, 6.07) is 8.64. The summed E-state index contributed by atoms with van der Waals surface area (Å²) in [5.74, 6) is -0.833. The minimum Gasteiger partial charge on any atom is -0.365 e. The minimum atomic E-state index is -2.88. The molecule has 4 nitrogen and oxygen atoms in total. The molecule has 0 fully saturated rings. The quantitative estimate of drug-likeness (QED) is 0.906. The van der Waals surface area contributed by atoms with Gasteiger partial charge in [-0.25, -0.2) is 18.7 Å². The van der Waals surface area contributed by atoms with Gasteiger partial charge in [-0.3, -0.25) is 4.79 Å². The molecule has 0 radical (unpaired) electrons. The second-order valence-electron chi connectivity index (χ2n) is 3.52. The van der Waals surface area contributed by atoms with Crippen molar-refractivity contribution >= 4 is 5.91 Å². The van der Waals surface area contributed by atoms with Crippen LogP contribution in [-0.2, 0) is 0 Å². The first-order valence-electron chi connectivity index (χ1n) is 5.10. The van der Waals surface area contributed by atoms with Gasteiger partial charge in [0.2, 0.25) is 0 Å². The van der Waals surface area contributed by atoms with Crippen molar-refractivity contribution in [1.29, 1.82) is 0 Å².